The first kappa shape index (κ1) is 21.7. The van der Waals surface area contributed by atoms with E-state index < -0.39 is 30.5 Å². The Morgan fingerprint density at radius 3 is 2.72 bits per heavy atom. The molecule has 0 spiro atoms. The fraction of sp³-hybridized carbons (Fsp3) is 0.190. The SMILES string of the molecule is CN(C(=O)N(C=O)Cc1nc2ccccc2s1)C1C(=O)N(CC(=O)O)c2ccc(Cl)cc21. The lowest BCUT2D eigenvalue weighted by Gasteiger charge is -2.27. The Labute approximate surface area is 191 Å². The molecule has 1 aliphatic heterocycles. The van der Waals surface area contributed by atoms with Crippen molar-refractivity contribution in [3.8, 4) is 0 Å². The van der Waals surface area contributed by atoms with Gasteiger partial charge in [-0.15, -0.1) is 11.3 Å². The highest BCUT2D eigenvalue weighted by Crippen LogP contribution is 2.40. The molecule has 4 amide bonds. The van der Waals surface area contributed by atoms with Gasteiger partial charge < -0.3 is 10.0 Å². The number of anilines is 1. The summed E-state index contributed by atoms with van der Waals surface area (Å²) in [7, 11) is 1.38. The first-order chi connectivity index (χ1) is 15.3. The van der Waals surface area contributed by atoms with Crippen LogP contribution in [0, 0.1) is 0 Å². The van der Waals surface area contributed by atoms with Gasteiger partial charge >= 0.3 is 12.0 Å². The van der Waals surface area contributed by atoms with Crippen LogP contribution in [0.15, 0.2) is 42.5 Å². The number of carbonyl (C=O) groups excluding carboxylic acids is 3. The molecule has 9 nitrogen and oxygen atoms in total. The van der Waals surface area contributed by atoms with Crippen molar-refractivity contribution in [2.45, 2.75) is 12.6 Å². The molecule has 1 aromatic heterocycles. The highest BCUT2D eigenvalue weighted by atomic mass is 35.5. The van der Waals surface area contributed by atoms with E-state index in [1.165, 1.54) is 36.6 Å². The van der Waals surface area contributed by atoms with Gasteiger partial charge in [-0.05, 0) is 30.3 Å². The number of aliphatic carboxylic acids is 1. The molecule has 0 fully saturated rings. The largest absolute Gasteiger partial charge is 0.480 e. The highest BCUT2D eigenvalue weighted by Gasteiger charge is 2.43. The molecule has 1 N–H and O–H groups in total. The number of rotatable bonds is 6. The zero-order valence-electron chi connectivity index (χ0n) is 16.8. The molecule has 1 aliphatic rings. The summed E-state index contributed by atoms with van der Waals surface area (Å²) in [5, 5.41) is 10.1. The first-order valence-corrected chi connectivity index (χ1v) is 10.7. The van der Waals surface area contributed by atoms with Crippen LogP contribution in [-0.2, 0) is 20.9 Å². The van der Waals surface area contributed by atoms with Crippen molar-refractivity contribution in [1.82, 2.24) is 14.8 Å². The van der Waals surface area contributed by atoms with Crippen molar-refractivity contribution >= 4 is 63.2 Å². The summed E-state index contributed by atoms with van der Waals surface area (Å²) < 4.78 is 0.924. The lowest BCUT2D eigenvalue weighted by atomic mass is 10.1. The number of hydrogen-bond acceptors (Lipinski definition) is 6. The van der Waals surface area contributed by atoms with Crippen LogP contribution >= 0.6 is 22.9 Å². The monoisotopic (exact) mass is 472 g/mol. The lowest BCUT2D eigenvalue weighted by Crippen LogP contribution is -2.45. The second-order valence-corrected chi connectivity index (χ2v) is 8.68. The van der Waals surface area contributed by atoms with E-state index in [0.717, 1.165) is 24.9 Å². The minimum atomic E-state index is -1.20. The maximum atomic E-state index is 13.1. The number of amides is 4. The molecule has 32 heavy (non-hydrogen) atoms. The summed E-state index contributed by atoms with van der Waals surface area (Å²) in [6, 6.07) is 10.2. The molecule has 11 heteroatoms. The normalized spacial score (nSPS) is 15.0. The topological polar surface area (TPSA) is 111 Å². The molecule has 2 aromatic carbocycles. The summed E-state index contributed by atoms with van der Waals surface area (Å²) in [5.41, 5.74) is 1.51. The van der Waals surface area contributed by atoms with Crippen molar-refractivity contribution in [2.75, 3.05) is 18.5 Å². The molecular formula is C21H17ClN4O5S. The molecule has 0 radical (unpaired) electrons. The molecule has 3 aromatic rings. The van der Waals surface area contributed by atoms with E-state index in [1.807, 2.05) is 24.3 Å². The van der Waals surface area contributed by atoms with Gasteiger partial charge in [-0.25, -0.2) is 9.78 Å². The lowest BCUT2D eigenvalue weighted by molar-refractivity contribution is -0.137. The van der Waals surface area contributed by atoms with E-state index in [0.29, 0.717) is 27.7 Å². The second kappa shape index (κ2) is 8.56. The van der Waals surface area contributed by atoms with Crippen LogP contribution in [0.5, 0.6) is 0 Å². The van der Waals surface area contributed by atoms with E-state index in [-0.39, 0.29) is 6.54 Å². The number of thiazole rings is 1. The number of halogens is 1. The molecule has 4 rings (SSSR count). The fourth-order valence-electron chi connectivity index (χ4n) is 3.66. The van der Waals surface area contributed by atoms with Gasteiger partial charge in [0, 0.05) is 17.6 Å². The molecule has 1 atom stereocenters. The minimum Gasteiger partial charge on any atom is -0.480 e. The van der Waals surface area contributed by atoms with Gasteiger partial charge in [0.05, 0.1) is 22.4 Å². The zero-order valence-corrected chi connectivity index (χ0v) is 18.3. The van der Waals surface area contributed by atoms with Crippen molar-refractivity contribution in [3.63, 3.8) is 0 Å². The number of aromatic nitrogens is 1. The zero-order chi connectivity index (χ0) is 23.0. The summed E-state index contributed by atoms with van der Waals surface area (Å²) in [6.45, 7) is -0.622. The van der Waals surface area contributed by atoms with E-state index in [2.05, 4.69) is 4.98 Å². The van der Waals surface area contributed by atoms with Crippen molar-refractivity contribution < 1.29 is 24.3 Å². The van der Waals surface area contributed by atoms with Crippen LogP contribution in [0.3, 0.4) is 0 Å². The summed E-state index contributed by atoms with van der Waals surface area (Å²) in [6.07, 6.45) is 0.387. The highest BCUT2D eigenvalue weighted by molar-refractivity contribution is 7.18. The predicted molar refractivity (Wildman–Crippen MR) is 119 cm³/mol. The molecule has 0 saturated heterocycles. The van der Waals surface area contributed by atoms with Gasteiger partial charge in [-0.1, -0.05) is 23.7 Å². The second-order valence-electron chi connectivity index (χ2n) is 7.13. The van der Waals surface area contributed by atoms with E-state index >= 15 is 0 Å². The third-order valence-corrected chi connectivity index (χ3v) is 6.33. The van der Waals surface area contributed by atoms with Crippen LogP contribution in [0.1, 0.15) is 16.6 Å². The minimum absolute atomic E-state index is 0.0613. The quantitative estimate of drug-likeness (QED) is 0.552. The molecule has 1 unspecified atom stereocenters. The maximum absolute atomic E-state index is 13.1. The van der Waals surface area contributed by atoms with Gasteiger partial charge in [0.2, 0.25) is 6.41 Å². The number of fused-ring (bicyclic) bond motifs is 2. The molecule has 0 aliphatic carbocycles. The number of carboxylic acids is 1. The predicted octanol–water partition coefficient (Wildman–Crippen LogP) is 3.13. The Morgan fingerprint density at radius 2 is 2.03 bits per heavy atom. The Bertz CT molecular complexity index is 1210. The number of carbonyl (C=O) groups is 4. The average Bonchev–Trinajstić information content (AvgIpc) is 3.28. The number of nitrogens with zero attached hydrogens (tertiary/aromatic N) is 4. The van der Waals surface area contributed by atoms with Crippen LogP contribution in [0.2, 0.25) is 5.02 Å². The molecule has 0 bridgehead atoms. The molecular weight excluding hydrogens is 456 g/mol. The summed E-state index contributed by atoms with van der Waals surface area (Å²) >= 11 is 7.45. The number of benzene rings is 2. The standard InChI is InChI=1S/C21H17ClN4O5S/c1-24(19-13-8-12(22)6-7-15(13)26(20(19)30)10-18(28)29)21(31)25(11-27)9-17-23-14-4-2-3-5-16(14)32-17/h2-8,11,19H,9-10H2,1H3,(H,28,29). The van der Waals surface area contributed by atoms with Gasteiger partial charge in [0.15, 0.2) is 0 Å². The van der Waals surface area contributed by atoms with E-state index in [1.54, 1.807) is 0 Å². The van der Waals surface area contributed by atoms with Crippen LogP contribution in [0.25, 0.3) is 10.2 Å². The number of urea groups is 1. The molecule has 164 valence electrons. The maximum Gasteiger partial charge on any atom is 0.327 e. The van der Waals surface area contributed by atoms with E-state index in [9.17, 15) is 24.3 Å². The van der Waals surface area contributed by atoms with Crippen LogP contribution < -0.4 is 4.90 Å². The number of imide groups is 1. The molecule has 0 saturated carbocycles. The van der Waals surface area contributed by atoms with Gasteiger partial charge in [0.25, 0.3) is 5.91 Å². The van der Waals surface area contributed by atoms with Crippen molar-refractivity contribution in [3.05, 3.63) is 58.1 Å². The average molecular weight is 473 g/mol. The van der Waals surface area contributed by atoms with Crippen LogP contribution in [-0.4, -0.2) is 57.8 Å². The number of carboxylic acid groups (broad SMARTS) is 1. The summed E-state index contributed by atoms with van der Waals surface area (Å²) in [4.78, 5) is 56.7. The third kappa shape index (κ3) is 3.90. The smallest absolute Gasteiger partial charge is 0.327 e. The number of para-hydroxylation sites is 1. The Kier molecular flexibility index (Phi) is 5.81. The Morgan fingerprint density at radius 1 is 1.28 bits per heavy atom. The van der Waals surface area contributed by atoms with Crippen LogP contribution in [0.4, 0.5) is 10.5 Å². The first-order valence-electron chi connectivity index (χ1n) is 9.46. The van der Waals surface area contributed by atoms with Gasteiger partial charge in [-0.2, -0.15) is 0 Å². The van der Waals surface area contributed by atoms with Gasteiger partial charge in [-0.3, -0.25) is 24.2 Å². The van der Waals surface area contributed by atoms with E-state index in [4.69, 9.17) is 11.6 Å². The number of hydrogen-bond donors (Lipinski definition) is 1. The third-order valence-electron chi connectivity index (χ3n) is 5.07. The summed E-state index contributed by atoms with van der Waals surface area (Å²) in [5.74, 6) is -1.79. The Balaban J connectivity index is 1.61. The molecule has 2 heterocycles. The van der Waals surface area contributed by atoms with Crippen molar-refractivity contribution in [2.24, 2.45) is 0 Å². The number of likely N-dealkylation sites (N-methyl/N-ethyl adjacent to an activating group) is 1. The van der Waals surface area contributed by atoms with Gasteiger partial charge in [0.1, 0.15) is 17.6 Å². The van der Waals surface area contributed by atoms with Crippen molar-refractivity contribution in [1.29, 1.82) is 0 Å². The Hall–Kier alpha value is -3.50. The fourth-order valence-corrected chi connectivity index (χ4v) is 4.81.